The Kier molecular flexibility index (Phi) is 6.08. The van der Waals surface area contributed by atoms with Gasteiger partial charge in [0.05, 0.1) is 29.2 Å². The molecular formula is C25H24ClFN6O2S. The lowest BCUT2D eigenvalue weighted by atomic mass is 9.61. The molecule has 2 N–H and O–H groups in total. The van der Waals surface area contributed by atoms with Crippen molar-refractivity contribution in [1.82, 2.24) is 24.9 Å². The maximum absolute atomic E-state index is 15.9. The zero-order valence-corrected chi connectivity index (χ0v) is 21.1. The monoisotopic (exact) mass is 526 g/mol. The summed E-state index contributed by atoms with van der Waals surface area (Å²) in [6.07, 6.45) is 7.11. The van der Waals surface area contributed by atoms with E-state index in [1.54, 1.807) is 6.20 Å². The van der Waals surface area contributed by atoms with E-state index < -0.39 is 5.82 Å². The molecule has 7 rings (SSSR count). The zero-order valence-electron chi connectivity index (χ0n) is 19.5. The second kappa shape index (κ2) is 9.40. The summed E-state index contributed by atoms with van der Waals surface area (Å²) in [5.41, 5.74) is 1.81. The molecule has 0 amide bonds. The standard InChI is InChI=1S/C25H24ClFN6O2S/c1-2-35-25(34)17-12-5-7-13(8-6-12)19(17)31-23-18(27)21(15-4-3-9-36-15)32-22(33-23)14-10-29-24-20(14)28-11-16(26)30-24/h3-4,9-13,17,19H,2,5-8H2,1H3,(H,29,30)(H,31,32,33)/t12?,13?,17-,19-/m1/s1. The van der Waals surface area contributed by atoms with Gasteiger partial charge in [-0.25, -0.2) is 24.3 Å². The predicted molar refractivity (Wildman–Crippen MR) is 136 cm³/mol. The normalized spacial score (nSPS) is 23.2. The van der Waals surface area contributed by atoms with Crippen molar-refractivity contribution < 1.29 is 13.9 Å². The maximum Gasteiger partial charge on any atom is 0.311 e. The summed E-state index contributed by atoms with van der Waals surface area (Å²) < 4.78 is 21.4. The quantitative estimate of drug-likeness (QED) is 0.310. The van der Waals surface area contributed by atoms with E-state index in [1.165, 1.54) is 17.5 Å². The highest BCUT2D eigenvalue weighted by molar-refractivity contribution is 7.13. The molecule has 3 aliphatic rings. The molecule has 0 saturated heterocycles. The highest BCUT2D eigenvalue weighted by Gasteiger charge is 2.48. The van der Waals surface area contributed by atoms with E-state index in [2.05, 4.69) is 30.2 Å². The Morgan fingerprint density at radius 2 is 2.06 bits per heavy atom. The molecule has 36 heavy (non-hydrogen) atoms. The van der Waals surface area contributed by atoms with Crippen LogP contribution in [0.25, 0.3) is 33.1 Å². The first-order chi connectivity index (χ1) is 17.5. The van der Waals surface area contributed by atoms with Gasteiger partial charge in [-0.2, -0.15) is 0 Å². The third kappa shape index (κ3) is 4.02. The molecule has 4 aromatic heterocycles. The Balaban J connectivity index is 1.45. The Bertz CT molecular complexity index is 1420. The van der Waals surface area contributed by atoms with Gasteiger partial charge in [-0.1, -0.05) is 17.7 Å². The van der Waals surface area contributed by atoms with Crippen LogP contribution in [0, 0.1) is 23.6 Å². The minimum absolute atomic E-state index is 0.0755. The largest absolute Gasteiger partial charge is 0.466 e. The molecule has 4 aromatic rings. The van der Waals surface area contributed by atoms with Crippen LogP contribution in [0.5, 0.6) is 0 Å². The Labute approximate surface area is 215 Å². The molecular weight excluding hydrogens is 503 g/mol. The molecule has 2 atom stereocenters. The number of nitrogens with one attached hydrogen (secondary N) is 2. The van der Waals surface area contributed by atoms with Gasteiger partial charge in [-0.3, -0.25) is 4.79 Å². The fraction of sp³-hybridized carbons (Fsp3) is 0.400. The summed E-state index contributed by atoms with van der Waals surface area (Å²) >= 11 is 7.39. The Morgan fingerprint density at radius 1 is 1.25 bits per heavy atom. The van der Waals surface area contributed by atoms with Crippen LogP contribution in [-0.4, -0.2) is 43.5 Å². The second-order valence-corrected chi connectivity index (χ2v) is 10.6. The molecule has 8 nitrogen and oxygen atoms in total. The average molecular weight is 527 g/mol. The molecule has 0 spiro atoms. The SMILES string of the molecule is CCOC(=O)[C@@H]1C2CCC(CC2)[C@H]1Nc1nc(-c2c[nH]c3nc(Cl)cnc23)nc(-c2cccs2)c1F. The topological polar surface area (TPSA) is 106 Å². The maximum atomic E-state index is 15.9. The van der Waals surface area contributed by atoms with E-state index in [0.717, 1.165) is 25.7 Å². The van der Waals surface area contributed by atoms with Gasteiger partial charge in [-0.05, 0) is 55.9 Å². The molecule has 11 heteroatoms. The molecule has 3 fully saturated rings. The van der Waals surface area contributed by atoms with E-state index in [-0.39, 0.29) is 46.4 Å². The summed E-state index contributed by atoms with van der Waals surface area (Å²) in [5.74, 6) is -0.248. The molecule has 2 bridgehead atoms. The molecule has 4 heterocycles. The molecule has 0 aromatic carbocycles. The number of H-pyrrole nitrogens is 1. The van der Waals surface area contributed by atoms with Crippen LogP contribution in [0.4, 0.5) is 10.2 Å². The van der Waals surface area contributed by atoms with Crippen LogP contribution in [-0.2, 0) is 9.53 Å². The van der Waals surface area contributed by atoms with Crippen molar-refractivity contribution in [3.63, 3.8) is 0 Å². The number of hydrogen-bond donors (Lipinski definition) is 2. The van der Waals surface area contributed by atoms with Crippen molar-refractivity contribution in [2.75, 3.05) is 11.9 Å². The molecule has 3 aliphatic carbocycles. The van der Waals surface area contributed by atoms with Crippen molar-refractivity contribution in [3.05, 3.63) is 40.9 Å². The lowest BCUT2D eigenvalue weighted by molar-refractivity contribution is -0.154. The fourth-order valence-electron chi connectivity index (χ4n) is 5.68. The molecule has 0 unspecified atom stereocenters. The van der Waals surface area contributed by atoms with Gasteiger partial charge < -0.3 is 15.0 Å². The van der Waals surface area contributed by atoms with Crippen LogP contribution >= 0.6 is 22.9 Å². The van der Waals surface area contributed by atoms with E-state index in [1.807, 2.05) is 24.4 Å². The van der Waals surface area contributed by atoms with E-state index in [0.29, 0.717) is 34.0 Å². The van der Waals surface area contributed by atoms with Crippen LogP contribution in [0.1, 0.15) is 32.6 Å². The minimum Gasteiger partial charge on any atom is -0.466 e. The number of halogens is 2. The summed E-state index contributed by atoms with van der Waals surface area (Å²) in [5, 5.41) is 5.48. The lowest BCUT2D eigenvalue weighted by Crippen LogP contribution is -2.52. The second-order valence-electron chi connectivity index (χ2n) is 9.25. The van der Waals surface area contributed by atoms with Crippen molar-refractivity contribution >= 4 is 45.9 Å². The van der Waals surface area contributed by atoms with Gasteiger partial charge in [-0.15, -0.1) is 11.3 Å². The molecule has 3 saturated carbocycles. The lowest BCUT2D eigenvalue weighted by Gasteiger charge is -2.47. The number of aromatic nitrogens is 5. The molecule has 186 valence electrons. The Hall–Kier alpha value is -3.11. The van der Waals surface area contributed by atoms with E-state index >= 15 is 4.39 Å². The summed E-state index contributed by atoms with van der Waals surface area (Å²) in [7, 11) is 0. The van der Waals surface area contributed by atoms with Crippen molar-refractivity contribution in [3.8, 4) is 22.0 Å². The van der Waals surface area contributed by atoms with Crippen molar-refractivity contribution in [2.45, 2.75) is 38.6 Å². The zero-order chi connectivity index (χ0) is 24.8. The summed E-state index contributed by atoms with van der Waals surface area (Å²) in [6, 6.07) is 3.42. The third-order valence-electron chi connectivity index (χ3n) is 7.28. The number of rotatable bonds is 6. The first kappa shape index (κ1) is 23.3. The first-order valence-corrected chi connectivity index (χ1v) is 13.3. The van der Waals surface area contributed by atoms with Crippen LogP contribution in [0.3, 0.4) is 0 Å². The number of carbonyl (C=O) groups excluding carboxylic acids is 1. The molecule has 0 radical (unpaired) electrons. The number of anilines is 1. The highest BCUT2D eigenvalue weighted by Crippen LogP contribution is 2.47. The number of thiophene rings is 1. The van der Waals surface area contributed by atoms with Gasteiger partial charge in [0.15, 0.2) is 23.1 Å². The Morgan fingerprint density at radius 3 is 2.81 bits per heavy atom. The van der Waals surface area contributed by atoms with Crippen molar-refractivity contribution in [2.24, 2.45) is 17.8 Å². The highest BCUT2D eigenvalue weighted by atomic mass is 35.5. The number of ether oxygens (including phenoxy) is 1. The summed E-state index contributed by atoms with van der Waals surface area (Å²) in [6.45, 7) is 2.13. The number of carbonyl (C=O) groups is 1. The van der Waals surface area contributed by atoms with Crippen LogP contribution < -0.4 is 5.32 Å². The predicted octanol–water partition coefficient (Wildman–Crippen LogP) is 5.72. The number of esters is 1. The number of nitrogens with zero attached hydrogens (tertiary/aromatic N) is 4. The van der Waals surface area contributed by atoms with E-state index in [9.17, 15) is 4.79 Å². The van der Waals surface area contributed by atoms with Gasteiger partial charge >= 0.3 is 5.97 Å². The van der Waals surface area contributed by atoms with Crippen molar-refractivity contribution in [1.29, 1.82) is 0 Å². The smallest absolute Gasteiger partial charge is 0.311 e. The average Bonchev–Trinajstić information content (AvgIpc) is 3.56. The van der Waals surface area contributed by atoms with Crippen LogP contribution in [0.15, 0.2) is 29.9 Å². The van der Waals surface area contributed by atoms with Gasteiger partial charge in [0.2, 0.25) is 0 Å². The number of hydrogen-bond acceptors (Lipinski definition) is 8. The van der Waals surface area contributed by atoms with E-state index in [4.69, 9.17) is 16.3 Å². The fourth-order valence-corrected chi connectivity index (χ4v) is 6.52. The number of fused-ring (bicyclic) bond motifs is 4. The minimum atomic E-state index is -0.542. The van der Waals surface area contributed by atoms with Gasteiger partial charge in [0, 0.05) is 12.2 Å². The molecule has 0 aliphatic heterocycles. The van der Waals surface area contributed by atoms with Gasteiger partial charge in [0.1, 0.15) is 16.4 Å². The first-order valence-electron chi connectivity index (χ1n) is 12.1. The number of aromatic amines is 1. The van der Waals surface area contributed by atoms with Crippen LogP contribution in [0.2, 0.25) is 5.15 Å². The summed E-state index contributed by atoms with van der Waals surface area (Å²) in [4.78, 5) is 34.5. The van der Waals surface area contributed by atoms with Gasteiger partial charge in [0.25, 0.3) is 0 Å². The third-order valence-corrected chi connectivity index (χ3v) is 8.34.